The minimum absolute atomic E-state index is 0.155. The van der Waals surface area contributed by atoms with Crippen molar-refractivity contribution in [3.8, 4) is 0 Å². The van der Waals surface area contributed by atoms with Gasteiger partial charge in [0.1, 0.15) is 5.83 Å². The van der Waals surface area contributed by atoms with E-state index in [1.165, 1.54) is 88.2 Å². The molecule has 3 aliphatic carbocycles. The fourth-order valence-corrected chi connectivity index (χ4v) is 7.33. The highest BCUT2D eigenvalue weighted by atomic mass is 19.4. The first kappa shape index (κ1) is 29.4. The summed E-state index contributed by atoms with van der Waals surface area (Å²) in [5.74, 6) is 1.89. The molecule has 3 saturated carbocycles. The first-order valence-corrected chi connectivity index (χ1v) is 15.5. The molecule has 0 unspecified atom stereocenters. The zero-order valence-corrected chi connectivity index (χ0v) is 23.3. The highest BCUT2D eigenvalue weighted by Gasteiger charge is 2.31. The second-order valence-electron chi connectivity index (χ2n) is 12.6. The van der Waals surface area contributed by atoms with Gasteiger partial charge in [0.2, 0.25) is 0 Å². The lowest BCUT2D eigenvalue weighted by atomic mass is 9.75. The predicted molar refractivity (Wildman–Crippen MR) is 150 cm³/mol. The van der Waals surface area contributed by atoms with E-state index in [0.29, 0.717) is 24.7 Å². The molecule has 0 aliphatic heterocycles. The van der Waals surface area contributed by atoms with Crippen molar-refractivity contribution in [3.63, 3.8) is 0 Å². The molecule has 1 aromatic carbocycles. The van der Waals surface area contributed by atoms with Crippen LogP contribution in [-0.4, -0.2) is 6.18 Å². The third-order valence-corrected chi connectivity index (χ3v) is 9.83. The third kappa shape index (κ3) is 8.98. The molecule has 3 fully saturated rings. The Morgan fingerprint density at radius 1 is 0.711 bits per heavy atom. The Kier molecular flexibility index (Phi) is 11.0. The van der Waals surface area contributed by atoms with Gasteiger partial charge in [-0.3, -0.25) is 0 Å². The van der Waals surface area contributed by atoms with Crippen molar-refractivity contribution in [2.75, 3.05) is 0 Å². The average molecular weight is 533 g/mol. The third-order valence-electron chi connectivity index (χ3n) is 9.83. The summed E-state index contributed by atoms with van der Waals surface area (Å²) in [5, 5.41) is 0. The Hall–Kier alpha value is -1.58. The molecule has 1 aromatic rings. The molecular formula is C34H48F4. The van der Waals surface area contributed by atoms with Gasteiger partial charge < -0.3 is 0 Å². The molecule has 0 heterocycles. The monoisotopic (exact) mass is 532 g/mol. The maximum atomic E-state index is 13.9. The normalized spacial score (nSPS) is 31.6. The highest BCUT2D eigenvalue weighted by molar-refractivity contribution is 5.28. The Morgan fingerprint density at radius 2 is 1.18 bits per heavy atom. The average Bonchev–Trinajstić information content (AvgIpc) is 2.92. The summed E-state index contributed by atoms with van der Waals surface area (Å²) in [6.07, 6.45) is 19.1. The Morgan fingerprint density at radius 3 is 1.66 bits per heavy atom. The SMILES string of the molecule is CCCCCC1CCC(C=CC2CCC(c3ccc(C4CCC(C(F)=CC(F)(F)F)CC4)cc3)CC2)CC1. The number of allylic oxidation sites excluding steroid dienone is 4. The minimum atomic E-state index is -4.57. The quantitative estimate of drug-likeness (QED) is 0.168. The number of alkyl halides is 3. The van der Waals surface area contributed by atoms with E-state index in [1.807, 2.05) is 0 Å². The number of benzene rings is 1. The Bertz CT molecular complexity index is 872. The maximum Gasteiger partial charge on any atom is 0.412 e. The van der Waals surface area contributed by atoms with Crippen LogP contribution in [0.3, 0.4) is 0 Å². The second kappa shape index (κ2) is 14.2. The van der Waals surface area contributed by atoms with Crippen molar-refractivity contribution in [2.24, 2.45) is 23.7 Å². The van der Waals surface area contributed by atoms with Crippen molar-refractivity contribution < 1.29 is 17.6 Å². The summed E-state index contributed by atoms with van der Waals surface area (Å²) in [7, 11) is 0. The standard InChI is InChI=1S/C34H48F4/c1-2-3-4-5-25-6-8-26(9-7-25)10-11-27-12-14-28(15-13-27)29-16-18-30(19-17-29)31-20-22-32(23-21-31)33(35)24-34(36,37)38/h10-11,16-19,24-28,31-32H,2-9,12-15,20-23H2,1H3. The van der Waals surface area contributed by atoms with Gasteiger partial charge in [-0.2, -0.15) is 13.2 Å². The molecular weight excluding hydrogens is 484 g/mol. The molecule has 0 amide bonds. The lowest BCUT2D eigenvalue weighted by Gasteiger charge is -2.30. The van der Waals surface area contributed by atoms with E-state index >= 15 is 0 Å². The summed E-state index contributed by atoms with van der Waals surface area (Å²) in [6, 6.07) is 8.97. The predicted octanol–water partition coefficient (Wildman–Crippen LogP) is 11.6. The van der Waals surface area contributed by atoms with Gasteiger partial charge in [-0.25, -0.2) is 4.39 Å². The summed E-state index contributed by atoms with van der Waals surface area (Å²) in [4.78, 5) is 0. The topological polar surface area (TPSA) is 0 Å². The van der Waals surface area contributed by atoms with Crippen molar-refractivity contribution in [1.29, 1.82) is 0 Å². The van der Waals surface area contributed by atoms with E-state index in [0.717, 1.165) is 30.6 Å². The van der Waals surface area contributed by atoms with Crippen molar-refractivity contribution >= 4 is 0 Å². The van der Waals surface area contributed by atoms with Crippen LogP contribution >= 0.6 is 0 Å². The van der Waals surface area contributed by atoms with E-state index in [9.17, 15) is 17.6 Å². The fourth-order valence-electron chi connectivity index (χ4n) is 7.33. The summed E-state index contributed by atoms with van der Waals surface area (Å²) in [6.45, 7) is 2.29. The van der Waals surface area contributed by atoms with Gasteiger partial charge >= 0.3 is 6.18 Å². The Labute approximate surface area is 228 Å². The molecule has 3 aliphatic rings. The minimum Gasteiger partial charge on any atom is -0.212 e. The van der Waals surface area contributed by atoms with Crippen LogP contribution in [0.15, 0.2) is 48.3 Å². The highest BCUT2D eigenvalue weighted by Crippen LogP contribution is 2.42. The van der Waals surface area contributed by atoms with Gasteiger partial charge in [-0.05, 0) is 118 Å². The number of unbranched alkanes of at least 4 members (excludes halogenated alkanes) is 2. The number of rotatable bonds is 9. The van der Waals surface area contributed by atoms with Crippen LogP contribution in [0.5, 0.6) is 0 Å². The fraction of sp³-hybridized carbons (Fsp3) is 0.706. The van der Waals surface area contributed by atoms with Gasteiger partial charge in [0, 0.05) is 5.92 Å². The molecule has 0 spiro atoms. The summed E-state index contributed by atoms with van der Waals surface area (Å²) >= 11 is 0. The second-order valence-corrected chi connectivity index (χ2v) is 12.6. The summed E-state index contributed by atoms with van der Waals surface area (Å²) in [5.41, 5.74) is 2.68. The first-order valence-electron chi connectivity index (χ1n) is 15.5. The summed E-state index contributed by atoms with van der Waals surface area (Å²) < 4.78 is 51.3. The number of hydrogen-bond acceptors (Lipinski definition) is 0. The van der Waals surface area contributed by atoms with Gasteiger partial charge in [-0.1, -0.05) is 69.0 Å². The smallest absolute Gasteiger partial charge is 0.212 e. The van der Waals surface area contributed by atoms with Gasteiger partial charge in [0.05, 0.1) is 6.08 Å². The number of hydrogen-bond donors (Lipinski definition) is 0. The molecule has 0 radical (unpaired) electrons. The molecule has 38 heavy (non-hydrogen) atoms. The number of halogens is 4. The molecule has 0 atom stereocenters. The molecule has 212 valence electrons. The van der Waals surface area contributed by atoms with E-state index in [4.69, 9.17) is 0 Å². The first-order chi connectivity index (χ1) is 18.3. The zero-order valence-electron chi connectivity index (χ0n) is 23.3. The van der Waals surface area contributed by atoms with Crippen LogP contribution in [0.4, 0.5) is 17.6 Å². The van der Waals surface area contributed by atoms with Crippen molar-refractivity contribution in [2.45, 2.75) is 128 Å². The molecule has 4 heteroatoms. The lowest BCUT2D eigenvalue weighted by Crippen LogP contribution is -2.16. The van der Waals surface area contributed by atoms with Crippen LogP contribution in [0.25, 0.3) is 0 Å². The molecule has 0 bridgehead atoms. The lowest BCUT2D eigenvalue weighted by molar-refractivity contribution is -0.0820. The Balaban J connectivity index is 1.17. The van der Waals surface area contributed by atoms with Gasteiger partial charge in [0.15, 0.2) is 0 Å². The van der Waals surface area contributed by atoms with Crippen LogP contribution in [0, 0.1) is 23.7 Å². The van der Waals surface area contributed by atoms with Crippen LogP contribution < -0.4 is 0 Å². The van der Waals surface area contributed by atoms with Crippen molar-refractivity contribution in [3.05, 3.63) is 59.4 Å². The van der Waals surface area contributed by atoms with E-state index in [2.05, 4.69) is 43.3 Å². The molecule has 4 rings (SSSR count). The van der Waals surface area contributed by atoms with E-state index in [-0.39, 0.29) is 6.08 Å². The van der Waals surface area contributed by atoms with Gasteiger partial charge in [-0.15, -0.1) is 0 Å². The zero-order chi connectivity index (χ0) is 27.0. The maximum absolute atomic E-state index is 13.9. The largest absolute Gasteiger partial charge is 0.412 e. The van der Waals surface area contributed by atoms with E-state index < -0.39 is 17.9 Å². The molecule has 0 aromatic heterocycles. The van der Waals surface area contributed by atoms with Crippen molar-refractivity contribution in [1.82, 2.24) is 0 Å². The van der Waals surface area contributed by atoms with Gasteiger partial charge in [0.25, 0.3) is 0 Å². The van der Waals surface area contributed by atoms with E-state index in [1.54, 1.807) is 0 Å². The molecule has 0 nitrogen and oxygen atoms in total. The molecule has 0 N–H and O–H groups in total. The van der Waals surface area contributed by atoms with Crippen LogP contribution in [0.1, 0.15) is 133 Å². The van der Waals surface area contributed by atoms with Crippen LogP contribution in [-0.2, 0) is 0 Å². The van der Waals surface area contributed by atoms with Crippen LogP contribution in [0.2, 0.25) is 0 Å². The molecule has 0 saturated heterocycles.